The Balaban J connectivity index is 2.02. The summed E-state index contributed by atoms with van der Waals surface area (Å²) in [6, 6.07) is 3.46. The number of amides is 1. The highest BCUT2D eigenvalue weighted by atomic mass is 19.4. The van der Waals surface area contributed by atoms with E-state index in [0.29, 0.717) is 29.1 Å². The fourth-order valence-corrected chi connectivity index (χ4v) is 3.84. The number of nitrogens with two attached hydrogens (primary N) is 1. The van der Waals surface area contributed by atoms with Crippen molar-refractivity contribution in [2.45, 2.75) is 25.6 Å². The van der Waals surface area contributed by atoms with E-state index in [9.17, 15) is 18.0 Å². The Labute approximate surface area is 195 Å². The molecule has 3 heterocycles. The average Bonchev–Trinajstić information content (AvgIpc) is 3.16. The quantitative estimate of drug-likeness (QED) is 0.413. The van der Waals surface area contributed by atoms with E-state index in [-0.39, 0.29) is 5.56 Å². The lowest BCUT2D eigenvalue weighted by Crippen LogP contribution is -2.58. The molecule has 0 unspecified atom stereocenters. The maximum absolute atomic E-state index is 13.0. The van der Waals surface area contributed by atoms with Crippen LogP contribution in [0.15, 0.2) is 36.9 Å². The second kappa shape index (κ2) is 9.98. The molecule has 1 amide bonds. The highest BCUT2D eigenvalue weighted by molar-refractivity contribution is 5.94. The van der Waals surface area contributed by atoms with Crippen LogP contribution >= 0.6 is 0 Å². The van der Waals surface area contributed by atoms with Gasteiger partial charge in [0.1, 0.15) is 23.5 Å². The van der Waals surface area contributed by atoms with Crippen LogP contribution in [-0.2, 0) is 10.3 Å². The molecule has 11 heteroatoms. The molecule has 34 heavy (non-hydrogen) atoms. The molecule has 0 radical (unpaired) electrons. The van der Waals surface area contributed by atoms with Gasteiger partial charge < -0.3 is 20.4 Å². The van der Waals surface area contributed by atoms with E-state index in [1.165, 1.54) is 6.20 Å². The van der Waals surface area contributed by atoms with Crippen LogP contribution in [0.5, 0.6) is 5.75 Å². The minimum Gasteiger partial charge on any atom is -0.491 e. The van der Waals surface area contributed by atoms with Crippen LogP contribution in [0.25, 0.3) is 22.2 Å². The van der Waals surface area contributed by atoms with E-state index in [2.05, 4.69) is 20.3 Å². The van der Waals surface area contributed by atoms with Gasteiger partial charge in [0.2, 0.25) is 5.91 Å². The Kier molecular flexibility index (Phi) is 7.47. The number of fused-ring (bicyclic) bond motifs is 1. The maximum atomic E-state index is 13.0. The number of likely N-dealkylation sites (N-methyl/N-ethyl adjacent to an activating group) is 1. The van der Waals surface area contributed by atoms with Gasteiger partial charge in [-0.1, -0.05) is 13.8 Å². The van der Waals surface area contributed by atoms with Crippen molar-refractivity contribution < 1.29 is 22.7 Å². The van der Waals surface area contributed by atoms with Crippen LogP contribution in [0.1, 0.15) is 19.4 Å². The van der Waals surface area contributed by atoms with Crippen molar-refractivity contribution in [1.29, 1.82) is 0 Å². The molecule has 0 saturated heterocycles. The Morgan fingerprint density at radius 3 is 2.59 bits per heavy atom. The number of nitrogens with zero attached hydrogens (tertiary/aromatic N) is 3. The molecule has 184 valence electrons. The number of carbonyl (C=O) groups is 1. The minimum absolute atomic E-state index is 0.248. The Morgan fingerprint density at radius 2 is 1.97 bits per heavy atom. The van der Waals surface area contributed by atoms with E-state index in [1.54, 1.807) is 38.5 Å². The van der Waals surface area contributed by atoms with Crippen molar-refractivity contribution in [3.63, 3.8) is 0 Å². The number of hydrogen-bond acceptors (Lipinski definition) is 6. The van der Waals surface area contributed by atoms with Crippen LogP contribution in [-0.4, -0.2) is 65.7 Å². The molecule has 3 rings (SSSR count). The monoisotopic (exact) mass is 478 g/mol. The van der Waals surface area contributed by atoms with E-state index in [1.807, 2.05) is 25.1 Å². The summed E-state index contributed by atoms with van der Waals surface area (Å²) in [4.78, 5) is 26.2. The van der Waals surface area contributed by atoms with Crippen LogP contribution in [0.3, 0.4) is 0 Å². The molecule has 0 fully saturated rings. The summed E-state index contributed by atoms with van der Waals surface area (Å²) in [5.41, 5.74) is 6.06. The lowest BCUT2D eigenvalue weighted by Gasteiger charge is -2.36. The fraction of sp³-hybridized carbons (Fsp3) is 0.435. The number of pyridine rings is 2. The molecular formula is C23H29F3N6O2. The molecule has 0 aliphatic rings. The number of hydrogen-bond donors (Lipinski definition) is 3. The molecule has 0 bridgehead atoms. The zero-order valence-electron chi connectivity index (χ0n) is 19.5. The van der Waals surface area contributed by atoms with Gasteiger partial charge in [0.05, 0.1) is 12.7 Å². The van der Waals surface area contributed by atoms with Crippen LogP contribution < -0.4 is 15.8 Å². The summed E-state index contributed by atoms with van der Waals surface area (Å²) >= 11 is 0. The standard InChI is InChI=1S/C23H29F3N6O2/c1-14(2)23(21(27)33,31-13-22(24,25)26)16-7-15(9-28-10-16)19-12-30-20-18(19)8-17(11-29-20)34-6-5-32(3)4/h7-12,14,31H,5-6,13H2,1-4H3,(H2,27,33)(H,29,30)/t23-/m1/s1. The van der Waals surface area contributed by atoms with E-state index < -0.39 is 30.1 Å². The van der Waals surface area contributed by atoms with Crippen molar-refractivity contribution >= 4 is 16.9 Å². The van der Waals surface area contributed by atoms with Gasteiger partial charge in [-0.2, -0.15) is 13.2 Å². The van der Waals surface area contributed by atoms with Gasteiger partial charge >= 0.3 is 6.18 Å². The lowest BCUT2D eigenvalue weighted by molar-refractivity contribution is -0.139. The molecule has 1 atom stereocenters. The number of ether oxygens (including phenoxy) is 1. The molecule has 3 aromatic heterocycles. The van der Waals surface area contributed by atoms with E-state index in [4.69, 9.17) is 10.5 Å². The van der Waals surface area contributed by atoms with Crippen LogP contribution in [0.4, 0.5) is 13.2 Å². The molecule has 0 saturated carbocycles. The Bertz CT molecular complexity index is 1150. The zero-order valence-corrected chi connectivity index (χ0v) is 19.5. The normalized spacial score (nSPS) is 14.0. The summed E-state index contributed by atoms with van der Waals surface area (Å²) in [6.45, 7) is 3.11. The van der Waals surface area contributed by atoms with Crippen molar-refractivity contribution in [3.8, 4) is 16.9 Å². The predicted molar refractivity (Wildman–Crippen MR) is 123 cm³/mol. The smallest absolute Gasteiger partial charge is 0.401 e. The molecule has 3 aromatic rings. The van der Waals surface area contributed by atoms with Gasteiger partial charge in [0.25, 0.3) is 0 Å². The van der Waals surface area contributed by atoms with Crippen molar-refractivity contribution in [3.05, 3.63) is 42.5 Å². The first kappa shape index (κ1) is 25.4. The van der Waals surface area contributed by atoms with Gasteiger partial charge in [0, 0.05) is 47.2 Å². The fourth-order valence-electron chi connectivity index (χ4n) is 3.84. The minimum atomic E-state index is -4.52. The number of primary amides is 1. The topological polar surface area (TPSA) is 109 Å². The van der Waals surface area contributed by atoms with Gasteiger partial charge in [-0.3, -0.25) is 15.1 Å². The number of halogens is 3. The SMILES string of the molecule is CC(C)[C@](NCC(F)(F)F)(C(N)=O)c1cncc(-c2c[nH]c3ncc(OCCN(C)C)cc23)c1. The molecule has 0 aliphatic heterocycles. The second-order valence-electron chi connectivity index (χ2n) is 8.68. The Hall–Kier alpha value is -3.18. The third-order valence-electron chi connectivity index (χ3n) is 5.64. The summed E-state index contributed by atoms with van der Waals surface area (Å²) in [6.07, 6.45) is 1.76. The number of aromatic nitrogens is 3. The van der Waals surface area contributed by atoms with E-state index in [0.717, 1.165) is 11.9 Å². The first-order chi connectivity index (χ1) is 15.9. The predicted octanol–water partition coefficient (Wildman–Crippen LogP) is 3.05. The number of H-pyrrole nitrogens is 1. The number of aromatic amines is 1. The van der Waals surface area contributed by atoms with Crippen LogP contribution in [0.2, 0.25) is 0 Å². The first-order valence-corrected chi connectivity index (χ1v) is 10.8. The molecule has 0 aliphatic carbocycles. The molecule has 0 aromatic carbocycles. The maximum Gasteiger partial charge on any atom is 0.401 e. The van der Waals surface area contributed by atoms with Crippen LogP contribution in [0, 0.1) is 5.92 Å². The average molecular weight is 479 g/mol. The number of nitrogens with one attached hydrogen (secondary N) is 2. The highest BCUT2D eigenvalue weighted by Gasteiger charge is 2.44. The molecular weight excluding hydrogens is 449 g/mol. The van der Waals surface area contributed by atoms with Gasteiger partial charge in [-0.05, 0) is 32.1 Å². The third-order valence-corrected chi connectivity index (χ3v) is 5.64. The summed E-state index contributed by atoms with van der Waals surface area (Å²) in [5.74, 6) is -0.909. The second-order valence-corrected chi connectivity index (χ2v) is 8.68. The van der Waals surface area contributed by atoms with Gasteiger partial charge in [-0.25, -0.2) is 4.98 Å². The lowest BCUT2D eigenvalue weighted by atomic mass is 9.79. The highest BCUT2D eigenvalue weighted by Crippen LogP contribution is 2.35. The van der Waals surface area contributed by atoms with Gasteiger partial charge in [0.15, 0.2) is 0 Å². The summed E-state index contributed by atoms with van der Waals surface area (Å²) in [5, 5.41) is 3.10. The molecule has 4 N–H and O–H groups in total. The van der Waals surface area contributed by atoms with E-state index >= 15 is 0 Å². The molecule has 0 spiro atoms. The first-order valence-electron chi connectivity index (χ1n) is 10.8. The zero-order chi connectivity index (χ0) is 25.1. The number of rotatable bonds is 10. The van der Waals surface area contributed by atoms with Crippen molar-refractivity contribution in [1.82, 2.24) is 25.2 Å². The van der Waals surface area contributed by atoms with Gasteiger partial charge in [-0.15, -0.1) is 0 Å². The Morgan fingerprint density at radius 1 is 1.24 bits per heavy atom. The summed E-state index contributed by atoms with van der Waals surface area (Å²) < 4.78 is 44.8. The van der Waals surface area contributed by atoms with Crippen molar-refractivity contribution in [2.75, 3.05) is 33.8 Å². The summed E-state index contributed by atoms with van der Waals surface area (Å²) in [7, 11) is 3.89. The largest absolute Gasteiger partial charge is 0.491 e. The number of carbonyl (C=O) groups excluding carboxylic acids is 1. The van der Waals surface area contributed by atoms with Crippen molar-refractivity contribution in [2.24, 2.45) is 11.7 Å². The molecule has 8 nitrogen and oxygen atoms in total. The number of alkyl halides is 3. The third kappa shape index (κ3) is 5.48.